The first-order valence-electron chi connectivity index (χ1n) is 4.32. The maximum atomic E-state index is 11.1. The van der Waals surface area contributed by atoms with E-state index in [1.165, 1.54) is 6.08 Å². The first kappa shape index (κ1) is 11.5. The van der Waals surface area contributed by atoms with Crippen LogP contribution < -0.4 is 0 Å². The van der Waals surface area contributed by atoms with Gasteiger partial charge in [-0.3, -0.25) is 0 Å². The highest BCUT2D eigenvalue weighted by Crippen LogP contribution is 2.22. The number of rotatable bonds is 4. The molecule has 0 bridgehead atoms. The molecule has 76 valence electrons. The standard InChI is InChI=1S/C10H11BrO2S/c1-2-7-13-10(12)6-4-8-3-5-9(11)14-8/h3-6H,2,7H2,1H3. The molecule has 0 amide bonds. The van der Waals surface area contributed by atoms with E-state index in [1.807, 2.05) is 19.1 Å². The van der Waals surface area contributed by atoms with E-state index in [0.717, 1.165) is 15.1 Å². The first-order valence-corrected chi connectivity index (χ1v) is 5.93. The molecule has 1 rings (SSSR count). The van der Waals surface area contributed by atoms with Gasteiger partial charge in [0.15, 0.2) is 0 Å². The quantitative estimate of drug-likeness (QED) is 0.621. The predicted molar refractivity (Wildman–Crippen MR) is 62.3 cm³/mol. The second kappa shape index (κ2) is 5.98. The van der Waals surface area contributed by atoms with Crippen LogP contribution in [-0.2, 0) is 9.53 Å². The van der Waals surface area contributed by atoms with Crippen molar-refractivity contribution in [1.29, 1.82) is 0 Å². The Kier molecular flexibility index (Phi) is 4.90. The van der Waals surface area contributed by atoms with Gasteiger partial charge in [0.1, 0.15) is 0 Å². The molecule has 0 unspecified atom stereocenters. The Morgan fingerprint density at radius 1 is 1.64 bits per heavy atom. The van der Waals surface area contributed by atoms with E-state index in [-0.39, 0.29) is 5.97 Å². The molecule has 0 N–H and O–H groups in total. The summed E-state index contributed by atoms with van der Waals surface area (Å²) in [7, 11) is 0. The van der Waals surface area contributed by atoms with Crippen molar-refractivity contribution in [2.24, 2.45) is 0 Å². The van der Waals surface area contributed by atoms with Gasteiger partial charge in [-0.15, -0.1) is 11.3 Å². The fourth-order valence-corrected chi connectivity index (χ4v) is 2.15. The van der Waals surface area contributed by atoms with Crippen LogP contribution in [0.25, 0.3) is 6.08 Å². The summed E-state index contributed by atoms with van der Waals surface area (Å²) in [5.41, 5.74) is 0. The SMILES string of the molecule is CCCOC(=O)C=Cc1ccc(Br)s1. The van der Waals surface area contributed by atoms with Crippen LogP contribution in [0.2, 0.25) is 0 Å². The molecule has 0 aliphatic carbocycles. The molecule has 0 aromatic carbocycles. The van der Waals surface area contributed by atoms with Crippen LogP contribution in [0, 0.1) is 0 Å². The van der Waals surface area contributed by atoms with E-state index in [9.17, 15) is 4.79 Å². The summed E-state index contributed by atoms with van der Waals surface area (Å²) in [6, 6.07) is 3.89. The highest BCUT2D eigenvalue weighted by molar-refractivity contribution is 9.11. The van der Waals surface area contributed by atoms with Gasteiger partial charge in [-0.05, 0) is 40.6 Å². The molecule has 1 aromatic heterocycles. The molecule has 0 radical (unpaired) electrons. The summed E-state index contributed by atoms with van der Waals surface area (Å²) >= 11 is 4.93. The lowest BCUT2D eigenvalue weighted by Crippen LogP contribution is -2.00. The van der Waals surface area contributed by atoms with Crippen molar-refractivity contribution in [3.05, 3.63) is 26.9 Å². The number of carbonyl (C=O) groups is 1. The van der Waals surface area contributed by atoms with Gasteiger partial charge in [0.25, 0.3) is 0 Å². The Hall–Kier alpha value is -0.610. The van der Waals surface area contributed by atoms with Crippen molar-refractivity contribution in [2.75, 3.05) is 6.61 Å². The van der Waals surface area contributed by atoms with Crippen molar-refractivity contribution >= 4 is 39.3 Å². The molecule has 14 heavy (non-hydrogen) atoms. The number of hydrogen-bond donors (Lipinski definition) is 0. The van der Waals surface area contributed by atoms with Crippen molar-refractivity contribution in [2.45, 2.75) is 13.3 Å². The lowest BCUT2D eigenvalue weighted by Gasteiger charge is -1.96. The number of hydrogen-bond acceptors (Lipinski definition) is 3. The van der Waals surface area contributed by atoms with Gasteiger partial charge >= 0.3 is 5.97 Å². The van der Waals surface area contributed by atoms with E-state index in [0.29, 0.717) is 6.61 Å². The fraction of sp³-hybridized carbons (Fsp3) is 0.300. The molecule has 0 saturated heterocycles. The highest BCUT2D eigenvalue weighted by atomic mass is 79.9. The van der Waals surface area contributed by atoms with Crippen molar-refractivity contribution in [3.63, 3.8) is 0 Å². The molecule has 0 fully saturated rings. The normalized spacial score (nSPS) is 10.7. The second-order valence-corrected chi connectivity index (χ2v) is 5.14. The minimum Gasteiger partial charge on any atom is -0.463 e. The van der Waals surface area contributed by atoms with Gasteiger partial charge in [0.05, 0.1) is 10.4 Å². The Balaban J connectivity index is 2.43. The lowest BCUT2D eigenvalue weighted by molar-refractivity contribution is -0.137. The molecular weight excluding hydrogens is 264 g/mol. The molecule has 1 heterocycles. The Morgan fingerprint density at radius 2 is 2.43 bits per heavy atom. The van der Waals surface area contributed by atoms with Gasteiger partial charge < -0.3 is 4.74 Å². The highest BCUT2D eigenvalue weighted by Gasteiger charge is 1.96. The summed E-state index contributed by atoms with van der Waals surface area (Å²) in [6.45, 7) is 2.45. The van der Waals surface area contributed by atoms with Crippen LogP contribution in [0.1, 0.15) is 18.2 Å². The van der Waals surface area contributed by atoms with E-state index in [1.54, 1.807) is 17.4 Å². The molecular formula is C10H11BrO2S. The smallest absolute Gasteiger partial charge is 0.330 e. The Labute approximate surface area is 95.7 Å². The number of carbonyl (C=O) groups excluding carboxylic acids is 1. The van der Waals surface area contributed by atoms with Crippen LogP contribution in [-0.4, -0.2) is 12.6 Å². The summed E-state index contributed by atoms with van der Waals surface area (Å²) in [6.07, 6.45) is 4.06. The van der Waals surface area contributed by atoms with Gasteiger partial charge in [-0.25, -0.2) is 4.79 Å². The van der Waals surface area contributed by atoms with E-state index < -0.39 is 0 Å². The minimum atomic E-state index is -0.281. The topological polar surface area (TPSA) is 26.3 Å². The molecule has 0 atom stereocenters. The van der Waals surface area contributed by atoms with Crippen molar-refractivity contribution in [1.82, 2.24) is 0 Å². The van der Waals surface area contributed by atoms with Gasteiger partial charge in [-0.2, -0.15) is 0 Å². The molecule has 0 spiro atoms. The van der Waals surface area contributed by atoms with Crippen LogP contribution in [0.15, 0.2) is 22.0 Å². The number of esters is 1. The zero-order chi connectivity index (χ0) is 10.4. The monoisotopic (exact) mass is 274 g/mol. The summed E-state index contributed by atoms with van der Waals surface area (Å²) in [5.74, 6) is -0.281. The zero-order valence-corrected chi connectivity index (χ0v) is 10.2. The second-order valence-electron chi connectivity index (χ2n) is 2.64. The van der Waals surface area contributed by atoms with E-state index in [4.69, 9.17) is 4.74 Å². The van der Waals surface area contributed by atoms with Crippen molar-refractivity contribution in [3.8, 4) is 0 Å². The number of halogens is 1. The minimum absolute atomic E-state index is 0.281. The van der Waals surface area contributed by atoms with Gasteiger partial charge in [0.2, 0.25) is 0 Å². The first-order chi connectivity index (χ1) is 6.72. The van der Waals surface area contributed by atoms with Crippen LogP contribution in [0.5, 0.6) is 0 Å². The van der Waals surface area contributed by atoms with Crippen LogP contribution in [0.3, 0.4) is 0 Å². The number of thiophene rings is 1. The van der Waals surface area contributed by atoms with E-state index >= 15 is 0 Å². The average Bonchev–Trinajstić information content (AvgIpc) is 2.58. The third kappa shape index (κ3) is 4.07. The molecule has 0 saturated carbocycles. The zero-order valence-electron chi connectivity index (χ0n) is 7.83. The third-order valence-electron chi connectivity index (χ3n) is 1.43. The van der Waals surface area contributed by atoms with Gasteiger partial charge in [-0.1, -0.05) is 6.92 Å². The largest absolute Gasteiger partial charge is 0.463 e. The van der Waals surface area contributed by atoms with E-state index in [2.05, 4.69) is 15.9 Å². The van der Waals surface area contributed by atoms with Gasteiger partial charge in [0, 0.05) is 11.0 Å². The molecule has 0 aliphatic heterocycles. The Morgan fingerprint density at radius 3 is 3.00 bits per heavy atom. The summed E-state index contributed by atoms with van der Waals surface area (Å²) in [4.78, 5) is 12.1. The molecule has 1 aromatic rings. The van der Waals surface area contributed by atoms with Crippen molar-refractivity contribution < 1.29 is 9.53 Å². The summed E-state index contributed by atoms with van der Waals surface area (Å²) < 4.78 is 5.94. The molecule has 2 nitrogen and oxygen atoms in total. The number of ether oxygens (including phenoxy) is 1. The fourth-order valence-electron chi connectivity index (χ4n) is 0.819. The molecule has 0 aliphatic rings. The summed E-state index contributed by atoms with van der Waals surface area (Å²) in [5, 5.41) is 0. The maximum Gasteiger partial charge on any atom is 0.330 e. The molecule has 4 heteroatoms. The maximum absolute atomic E-state index is 11.1. The lowest BCUT2D eigenvalue weighted by atomic mass is 10.4. The third-order valence-corrected chi connectivity index (χ3v) is 3.02. The van der Waals surface area contributed by atoms with Crippen LogP contribution >= 0.6 is 27.3 Å². The predicted octanol–water partition coefficient (Wildman–Crippen LogP) is 3.48. The average molecular weight is 275 g/mol. The Bertz CT molecular complexity index is 331. The van der Waals surface area contributed by atoms with Crippen LogP contribution in [0.4, 0.5) is 0 Å².